The summed E-state index contributed by atoms with van der Waals surface area (Å²) < 4.78 is 5.04. The number of phenols is 1. The summed E-state index contributed by atoms with van der Waals surface area (Å²) in [5.74, 6) is -0.557. The maximum absolute atomic E-state index is 10.9. The summed E-state index contributed by atoms with van der Waals surface area (Å²) in [4.78, 5) is 23.3. The van der Waals surface area contributed by atoms with E-state index in [4.69, 9.17) is 16.2 Å². The monoisotopic (exact) mass is 267 g/mol. The number of nitrogens with two attached hydrogens (primary N) is 2. The summed E-state index contributed by atoms with van der Waals surface area (Å²) >= 11 is 0. The fraction of sp³-hybridized carbons (Fsp3) is 0.333. The van der Waals surface area contributed by atoms with E-state index in [1.54, 1.807) is 12.1 Å². The topological polar surface area (TPSA) is 119 Å². The van der Waals surface area contributed by atoms with Crippen molar-refractivity contribution in [3.05, 3.63) is 23.8 Å². The molecule has 0 saturated heterocycles. The third-order valence-corrected chi connectivity index (χ3v) is 2.44. The van der Waals surface area contributed by atoms with Crippen LogP contribution in [0.5, 0.6) is 11.5 Å². The predicted octanol–water partition coefficient (Wildman–Crippen LogP) is -0.827. The van der Waals surface area contributed by atoms with E-state index in [0.717, 1.165) is 0 Å². The summed E-state index contributed by atoms with van der Waals surface area (Å²) in [6.45, 7) is -0.0892. The number of primary amides is 2. The van der Waals surface area contributed by atoms with Gasteiger partial charge in [-0.3, -0.25) is 14.5 Å². The highest BCUT2D eigenvalue weighted by molar-refractivity contribution is 5.79. The second-order valence-electron chi connectivity index (χ2n) is 4.07. The van der Waals surface area contributed by atoms with Crippen molar-refractivity contribution in [2.24, 2.45) is 11.5 Å². The normalized spacial score (nSPS) is 10.4. The average Bonchev–Trinajstić information content (AvgIpc) is 2.30. The molecule has 0 fully saturated rings. The second-order valence-corrected chi connectivity index (χ2v) is 4.07. The zero-order valence-electron chi connectivity index (χ0n) is 10.6. The molecule has 0 bridgehead atoms. The van der Waals surface area contributed by atoms with Gasteiger partial charge in [-0.2, -0.15) is 0 Å². The van der Waals surface area contributed by atoms with Crippen LogP contribution < -0.4 is 16.2 Å². The Kier molecular flexibility index (Phi) is 5.13. The molecule has 1 aromatic rings. The average molecular weight is 267 g/mol. The fourth-order valence-corrected chi connectivity index (χ4v) is 1.66. The Hall–Kier alpha value is -2.28. The van der Waals surface area contributed by atoms with Crippen LogP contribution in [0.15, 0.2) is 18.2 Å². The number of methoxy groups -OCH3 is 1. The van der Waals surface area contributed by atoms with Crippen LogP contribution in [-0.2, 0) is 16.1 Å². The van der Waals surface area contributed by atoms with E-state index in [9.17, 15) is 14.7 Å². The molecule has 5 N–H and O–H groups in total. The van der Waals surface area contributed by atoms with Crippen molar-refractivity contribution in [2.75, 3.05) is 20.2 Å². The third-order valence-electron chi connectivity index (χ3n) is 2.44. The molecule has 0 aliphatic carbocycles. The number of amides is 2. The molecule has 0 saturated carbocycles. The van der Waals surface area contributed by atoms with Crippen LogP contribution in [0.25, 0.3) is 0 Å². The maximum atomic E-state index is 10.9. The highest BCUT2D eigenvalue weighted by Crippen LogP contribution is 2.24. The van der Waals surface area contributed by atoms with Crippen molar-refractivity contribution < 1.29 is 19.4 Å². The third kappa shape index (κ3) is 4.84. The molecule has 104 valence electrons. The smallest absolute Gasteiger partial charge is 0.231 e. The number of hydrogen-bond donors (Lipinski definition) is 3. The van der Waals surface area contributed by atoms with E-state index in [1.807, 2.05) is 0 Å². The molecular formula is C12H17N3O4. The van der Waals surface area contributed by atoms with Crippen LogP contribution >= 0.6 is 0 Å². The second kappa shape index (κ2) is 6.60. The van der Waals surface area contributed by atoms with E-state index < -0.39 is 11.8 Å². The van der Waals surface area contributed by atoms with E-state index in [2.05, 4.69) is 0 Å². The Bertz CT molecular complexity index is 460. The molecule has 0 spiro atoms. The molecule has 0 aliphatic heterocycles. The first-order valence-corrected chi connectivity index (χ1v) is 5.57. The van der Waals surface area contributed by atoms with E-state index in [0.29, 0.717) is 11.3 Å². The molecule has 7 nitrogen and oxygen atoms in total. The summed E-state index contributed by atoms with van der Waals surface area (Å²) in [5.41, 5.74) is 10.7. The number of nitrogens with zero attached hydrogens (tertiary/aromatic N) is 1. The molecule has 1 rings (SSSR count). The molecule has 0 aliphatic rings. The van der Waals surface area contributed by atoms with Gasteiger partial charge in [-0.15, -0.1) is 0 Å². The predicted molar refractivity (Wildman–Crippen MR) is 68.3 cm³/mol. The van der Waals surface area contributed by atoms with Gasteiger partial charge in [-0.25, -0.2) is 0 Å². The van der Waals surface area contributed by atoms with Crippen molar-refractivity contribution >= 4 is 11.8 Å². The van der Waals surface area contributed by atoms with Crippen LogP contribution in [0, 0.1) is 0 Å². The number of aromatic hydroxyl groups is 1. The van der Waals surface area contributed by atoms with Crippen LogP contribution in [0.3, 0.4) is 0 Å². The van der Waals surface area contributed by atoms with E-state index in [-0.39, 0.29) is 25.4 Å². The van der Waals surface area contributed by atoms with Gasteiger partial charge in [-0.05, 0) is 18.2 Å². The maximum Gasteiger partial charge on any atom is 0.231 e. The minimum atomic E-state index is -0.580. The van der Waals surface area contributed by atoms with Crippen LogP contribution in [0.2, 0.25) is 0 Å². The molecule has 0 unspecified atom stereocenters. The number of hydrogen-bond acceptors (Lipinski definition) is 5. The molecular weight excluding hydrogens is 250 g/mol. The molecule has 7 heteroatoms. The minimum absolute atomic E-state index is 0.0414. The summed E-state index contributed by atoms with van der Waals surface area (Å²) in [6.07, 6.45) is 0. The zero-order valence-corrected chi connectivity index (χ0v) is 10.6. The summed E-state index contributed by atoms with van der Waals surface area (Å²) in [5, 5.41) is 9.73. The van der Waals surface area contributed by atoms with Gasteiger partial charge in [0.15, 0.2) is 0 Å². The van der Waals surface area contributed by atoms with Crippen LogP contribution in [-0.4, -0.2) is 42.0 Å². The Balaban J connectivity index is 2.88. The van der Waals surface area contributed by atoms with E-state index in [1.165, 1.54) is 18.1 Å². The van der Waals surface area contributed by atoms with Gasteiger partial charge < -0.3 is 21.3 Å². The number of rotatable bonds is 7. The van der Waals surface area contributed by atoms with Gasteiger partial charge in [0.05, 0.1) is 20.2 Å². The largest absolute Gasteiger partial charge is 0.508 e. The highest BCUT2D eigenvalue weighted by atomic mass is 16.5. The standard InChI is InChI=1S/C12H17N3O4/c1-19-9-2-3-10(16)8(4-9)5-15(6-11(13)17)7-12(14)18/h2-4,16H,5-7H2,1H3,(H2,13,17)(H2,14,18). The number of carbonyl (C=O) groups is 2. The number of phenolic OH excluding ortho intramolecular Hbond substituents is 1. The molecule has 1 aromatic carbocycles. The van der Waals surface area contributed by atoms with Gasteiger partial charge in [0.25, 0.3) is 0 Å². The molecule has 0 radical (unpaired) electrons. The fourth-order valence-electron chi connectivity index (χ4n) is 1.66. The van der Waals surface area contributed by atoms with Crippen molar-refractivity contribution in [1.82, 2.24) is 4.90 Å². The molecule has 2 amide bonds. The first kappa shape index (κ1) is 14.8. The van der Waals surface area contributed by atoms with Crippen LogP contribution in [0.1, 0.15) is 5.56 Å². The van der Waals surface area contributed by atoms with Crippen LogP contribution in [0.4, 0.5) is 0 Å². The van der Waals surface area contributed by atoms with Crippen molar-refractivity contribution in [1.29, 1.82) is 0 Å². The molecule has 19 heavy (non-hydrogen) atoms. The minimum Gasteiger partial charge on any atom is -0.508 e. The molecule has 0 heterocycles. The first-order valence-electron chi connectivity index (χ1n) is 5.57. The lowest BCUT2D eigenvalue weighted by Crippen LogP contribution is -2.39. The Morgan fingerprint density at radius 3 is 2.32 bits per heavy atom. The zero-order chi connectivity index (χ0) is 14.4. The van der Waals surface area contributed by atoms with Crippen molar-refractivity contribution in [3.63, 3.8) is 0 Å². The Morgan fingerprint density at radius 1 is 1.26 bits per heavy atom. The molecule has 0 aromatic heterocycles. The number of ether oxygens (including phenoxy) is 1. The Morgan fingerprint density at radius 2 is 1.84 bits per heavy atom. The Labute approximate surface area is 110 Å². The lowest BCUT2D eigenvalue weighted by Gasteiger charge is -2.19. The lowest BCUT2D eigenvalue weighted by atomic mass is 10.1. The lowest BCUT2D eigenvalue weighted by molar-refractivity contribution is -0.122. The number of carbonyl (C=O) groups excluding carboxylic acids is 2. The summed E-state index contributed by atoms with van der Waals surface area (Å²) in [7, 11) is 1.50. The van der Waals surface area contributed by atoms with E-state index >= 15 is 0 Å². The van der Waals surface area contributed by atoms with Crippen molar-refractivity contribution in [3.8, 4) is 11.5 Å². The highest BCUT2D eigenvalue weighted by Gasteiger charge is 2.14. The quantitative estimate of drug-likeness (QED) is 0.596. The number of benzene rings is 1. The SMILES string of the molecule is COc1ccc(O)c(CN(CC(N)=O)CC(N)=O)c1. The van der Waals surface area contributed by atoms with Crippen molar-refractivity contribution in [2.45, 2.75) is 6.54 Å². The first-order chi connectivity index (χ1) is 8.92. The van der Waals surface area contributed by atoms with Gasteiger partial charge in [0, 0.05) is 12.1 Å². The van der Waals surface area contributed by atoms with Gasteiger partial charge in [0.1, 0.15) is 11.5 Å². The summed E-state index contributed by atoms with van der Waals surface area (Å²) in [6, 6.07) is 4.69. The molecule has 0 atom stereocenters. The van der Waals surface area contributed by atoms with Gasteiger partial charge >= 0.3 is 0 Å². The van der Waals surface area contributed by atoms with Gasteiger partial charge in [0.2, 0.25) is 11.8 Å². The van der Waals surface area contributed by atoms with Gasteiger partial charge in [-0.1, -0.05) is 0 Å².